The van der Waals surface area contributed by atoms with Crippen LogP contribution in [0.5, 0.6) is 0 Å². The number of amides is 2. The third kappa shape index (κ3) is 3.50. The largest absolute Gasteiger partial charge is 0.358 e. The molecule has 4 N–H and O–H groups in total. The molecule has 22 heavy (non-hydrogen) atoms. The first-order valence-electron chi connectivity index (χ1n) is 6.82. The van der Waals surface area contributed by atoms with Gasteiger partial charge in [-0.15, -0.1) is 0 Å². The lowest BCUT2D eigenvalue weighted by atomic mass is 9.92. The topological polar surface area (TPSA) is 102 Å². The zero-order chi connectivity index (χ0) is 16.2. The van der Waals surface area contributed by atoms with Gasteiger partial charge in [-0.25, -0.2) is 0 Å². The molecule has 0 spiro atoms. The van der Waals surface area contributed by atoms with Crippen molar-refractivity contribution < 1.29 is 9.59 Å². The van der Waals surface area contributed by atoms with E-state index in [1.54, 1.807) is 32.3 Å². The van der Waals surface area contributed by atoms with E-state index in [0.29, 0.717) is 11.3 Å². The maximum atomic E-state index is 12.4. The highest BCUT2D eigenvalue weighted by molar-refractivity contribution is 5.98. The van der Waals surface area contributed by atoms with Crippen molar-refractivity contribution in [2.75, 3.05) is 12.4 Å². The average Bonchev–Trinajstić information content (AvgIpc) is 2.95. The second kappa shape index (κ2) is 6.40. The maximum Gasteiger partial charge on any atom is 0.248 e. The number of nitrogens with two attached hydrogens (primary N) is 1. The molecule has 0 fully saturated rings. The standard InChI is InChI=1S/C15H19N5O2/c1-15(16,11-6-4-3-5-7-11)14(22)19-12-8-18-20(9-12)10-13(21)17-2/h3-9H,10,16H2,1-2H3,(H,17,21)(H,19,22). The number of anilines is 1. The molecule has 1 aromatic carbocycles. The molecule has 1 heterocycles. The predicted molar refractivity (Wildman–Crippen MR) is 82.9 cm³/mol. The van der Waals surface area contributed by atoms with Crippen molar-refractivity contribution >= 4 is 17.5 Å². The van der Waals surface area contributed by atoms with E-state index < -0.39 is 5.54 Å². The molecule has 7 heteroatoms. The molecule has 0 radical (unpaired) electrons. The Morgan fingerprint density at radius 1 is 1.32 bits per heavy atom. The van der Waals surface area contributed by atoms with Crippen molar-refractivity contribution in [3.63, 3.8) is 0 Å². The first-order chi connectivity index (χ1) is 10.4. The number of nitrogens with zero attached hydrogens (tertiary/aromatic N) is 2. The minimum absolute atomic E-state index is 0.0882. The monoisotopic (exact) mass is 301 g/mol. The van der Waals surface area contributed by atoms with Crippen LogP contribution in [0.25, 0.3) is 0 Å². The van der Waals surface area contributed by atoms with E-state index in [2.05, 4.69) is 15.7 Å². The third-order valence-corrected chi connectivity index (χ3v) is 3.32. The molecule has 0 aliphatic carbocycles. The number of nitrogens with one attached hydrogen (secondary N) is 2. The number of rotatable bonds is 5. The highest BCUT2D eigenvalue weighted by Gasteiger charge is 2.30. The normalized spacial score (nSPS) is 13.2. The van der Waals surface area contributed by atoms with Crippen LogP contribution in [-0.2, 0) is 21.7 Å². The zero-order valence-electron chi connectivity index (χ0n) is 12.5. The Labute approximate surface area is 128 Å². The van der Waals surface area contributed by atoms with Crippen molar-refractivity contribution in [3.8, 4) is 0 Å². The molecule has 0 bridgehead atoms. The Hall–Kier alpha value is -2.67. The summed E-state index contributed by atoms with van der Waals surface area (Å²) < 4.78 is 1.44. The lowest BCUT2D eigenvalue weighted by molar-refractivity contribution is -0.121. The van der Waals surface area contributed by atoms with Crippen molar-refractivity contribution in [2.24, 2.45) is 5.73 Å². The fourth-order valence-corrected chi connectivity index (χ4v) is 1.92. The van der Waals surface area contributed by atoms with Gasteiger partial charge in [-0.2, -0.15) is 5.10 Å². The van der Waals surface area contributed by atoms with Crippen molar-refractivity contribution in [1.82, 2.24) is 15.1 Å². The summed E-state index contributed by atoms with van der Waals surface area (Å²) in [6.45, 7) is 1.73. The first-order valence-corrected chi connectivity index (χ1v) is 6.82. The third-order valence-electron chi connectivity index (χ3n) is 3.32. The quantitative estimate of drug-likeness (QED) is 0.745. The molecular weight excluding hydrogens is 282 g/mol. The van der Waals surface area contributed by atoms with Gasteiger partial charge in [0.2, 0.25) is 11.8 Å². The summed E-state index contributed by atoms with van der Waals surface area (Å²) in [5.74, 6) is -0.521. The second-order valence-electron chi connectivity index (χ2n) is 5.12. The molecule has 2 aromatic rings. The van der Waals surface area contributed by atoms with Crippen LogP contribution in [0.4, 0.5) is 5.69 Å². The molecule has 0 saturated heterocycles. The number of benzene rings is 1. The van der Waals surface area contributed by atoms with Gasteiger partial charge in [0, 0.05) is 13.2 Å². The van der Waals surface area contributed by atoms with Crippen LogP contribution in [0.15, 0.2) is 42.7 Å². The van der Waals surface area contributed by atoms with Gasteiger partial charge in [0.15, 0.2) is 0 Å². The summed E-state index contributed by atoms with van der Waals surface area (Å²) in [6.07, 6.45) is 3.05. The fraction of sp³-hybridized carbons (Fsp3) is 0.267. The lowest BCUT2D eigenvalue weighted by Gasteiger charge is -2.23. The maximum absolute atomic E-state index is 12.4. The SMILES string of the molecule is CNC(=O)Cn1cc(NC(=O)C(C)(N)c2ccccc2)cn1. The molecule has 1 unspecified atom stereocenters. The van der Waals surface area contributed by atoms with E-state index in [4.69, 9.17) is 5.73 Å². The van der Waals surface area contributed by atoms with Crippen LogP contribution in [0.2, 0.25) is 0 Å². The number of likely N-dealkylation sites (N-methyl/N-ethyl adjacent to an activating group) is 1. The second-order valence-corrected chi connectivity index (χ2v) is 5.12. The summed E-state index contributed by atoms with van der Waals surface area (Å²) in [5, 5.41) is 9.23. The first kappa shape index (κ1) is 15.7. The van der Waals surface area contributed by atoms with E-state index >= 15 is 0 Å². The fourth-order valence-electron chi connectivity index (χ4n) is 1.92. The number of carbonyl (C=O) groups excluding carboxylic acids is 2. The van der Waals surface area contributed by atoms with Crippen LogP contribution in [0.3, 0.4) is 0 Å². The molecule has 2 amide bonds. The van der Waals surface area contributed by atoms with Crippen LogP contribution in [0.1, 0.15) is 12.5 Å². The van der Waals surface area contributed by atoms with Gasteiger partial charge < -0.3 is 16.4 Å². The lowest BCUT2D eigenvalue weighted by Crippen LogP contribution is -2.45. The van der Waals surface area contributed by atoms with Crippen LogP contribution in [0, 0.1) is 0 Å². The van der Waals surface area contributed by atoms with Gasteiger partial charge >= 0.3 is 0 Å². The Morgan fingerprint density at radius 3 is 2.64 bits per heavy atom. The van der Waals surface area contributed by atoms with Gasteiger partial charge in [-0.05, 0) is 12.5 Å². The average molecular weight is 301 g/mol. The minimum atomic E-state index is -1.16. The highest BCUT2D eigenvalue weighted by Crippen LogP contribution is 2.19. The van der Waals surface area contributed by atoms with Crippen LogP contribution in [-0.4, -0.2) is 28.6 Å². The molecular formula is C15H19N5O2. The molecule has 7 nitrogen and oxygen atoms in total. The molecule has 2 rings (SSSR count). The predicted octanol–water partition coefficient (Wildman–Crippen LogP) is 0.442. The smallest absolute Gasteiger partial charge is 0.248 e. The minimum Gasteiger partial charge on any atom is -0.358 e. The van der Waals surface area contributed by atoms with Gasteiger partial charge in [0.1, 0.15) is 12.1 Å². The zero-order valence-corrected chi connectivity index (χ0v) is 12.5. The summed E-state index contributed by atoms with van der Waals surface area (Å²) in [6, 6.07) is 9.12. The van der Waals surface area contributed by atoms with Gasteiger partial charge in [-0.1, -0.05) is 30.3 Å². The van der Waals surface area contributed by atoms with E-state index in [1.807, 2.05) is 18.2 Å². The molecule has 0 aliphatic rings. The van der Waals surface area contributed by atoms with Crippen molar-refractivity contribution in [2.45, 2.75) is 19.0 Å². The Balaban J connectivity index is 2.07. The van der Waals surface area contributed by atoms with E-state index in [9.17, 15) is 9.59 Å². The number of aromatic nitrogens is 2. The van der Waals surface area contributed by atoms with E-state index in [1.165, 1.54) is 10.9 Å². The number of hydrogen-bond donors (Lipinski definition) is 3. The summed E-state index contributed by atoms with van der Waals surface area (Å²) in [5.41, 5.74) is 6.17. The molecule has 1 atom stereocenters. The van der Waals surface area contributed by atoms with Crippen molar-refractivity contribution in [3.05, 3.63) is 48.3 Å². The van der Waals surface area contributed by atoms with Gasteiger partial charge in [0.05, 0.1) is 11.9 Å². The molecule has 0 saturated carbocycles. The van der Waals surface area contributed by atoms with E-state index in [-0.39, 0.29) is 18.4 Å². The van der Waals surface area contributed by atoms with Gasteiger partial charge in [-0.3, -0.25) is 14.3 Å². The molecule has 1 aromatic heterocycles. The summed E-state index contributed by atoms with van der Waals surface area (Å²) in [4.78, 5) is 23.6. The van der Waals surface area contributed by atoms with E-state index in [0.717, 1.165) is 0 Å². The summed E-state index contributed by atoms with van der Waals surface area (Å²) in [7, 11) is 1.55. The van der Waals surface area contributed by atoms with Gasteiger partial charge in [0.25, 0.3) is 0 Å². The Morgan fingerprint density at radius 2 is 2.00 bits per heavy atom. The molecule has 116 valence electrons. The Bertz CT molecular complexity index is 664. The van der Waals surface area contributed by atoms with Crippen LogP contribution >= 0.6 is 0 Å². The highest BCUT2D eigenvalue weighted by atomic mass is 16.2. The summed E-state index contributed by atoms with van der Waals surface area (Å²) >= 11 is 0. The van der Waals surface area contributed by atoms with Crippen molar-refractivity contribution in [1.29, 1.82) is 0 Å². The number of hydrogen-bond acceptors (Lipinski definition) is 4. The van der Waals surface area contributed by atoms with Crippen LogP contribution < -0.4 is 16.4 Å². The Kier molecular flexibility index (Phi) is 4.57. The number of carbonyl (C=O) groups is 2. The molecule has 0 aliphatic heterocycles.